The van der Waals surface area contributed by atoms with Crippen molar-refractivity contribution in [2.75, 3.05) is 7.11 Å². The molecule has 0 bridgehead atoms. The second kappa shape index (κ2) is 8.53. The van der Waals surface area contributed by atoms with Crippen LogP contribution in [0.2, 0.25) is 0 Å². The fourth-order valence-corrected chi connectivity index (χ4v) is 2.92. The Morgan fingerprint density at radius 1 is 1.25 bits per heavy atom. The molecule has 3 rings (SSSR count). The van der Waals surface area contributed by atoms with E-state index in [0.717, 1.165) is 4.90 Å². The number of benzene rings is 1. The number of nitro benzene ring substituents is 1. The van der Waals surface area contributed by atoms with Crippen molar-refractivity contribution in [1.82, 2.24) is 10.2 Å². The highest BCUT2D eigenvalue weighted by molar-refractivity contribution is 6.14. The maximum absolute atomic E-state index is 12.8. The molecular formula is C21H21N3O8. The van der Waals surface area contributed by atoms with E-state index < -0.39 is 28.4 Å². The molecule has 1 aromatic heterocycles. The van der Waals surface area contributed by atoms with Crippen molar-refractivity contribution in [2.45, 2.75) is 32.9 Å². The summed E-state index contributed by atoms with van der Waals surface area (Å²) in [6.45, 7) is 4.98. The predicted octanol–water partition coefficient (Wildman–Crippen LogP) is 3.24. The Labute approximate surface area is 182 Å². The number of imide groups is 1. The van der Waals surface area contributed by atoms with Gasteiger partial charge in [0, 0.05) is 11.6 Å². The van der Waals surface area contributed by atoms with Crippen LogP contribution in [0.1, 0.15) is 42.6 Å². The van der Waals surface area contributed by atoms with Gasteiger partial charge in [-0.15, -0.1) is 0 Å². The highest BCUT2D eigenvalue weighted by Gasteiger charge is 2.35. The second-order valence-electron chi connectivity index (χ2n) is 7.80. The van der Waals surface area contributed by atoms with Gasteiger partial charge in [0.1, 0.15) is 17.1 Å². The lowest BCUT2D eigenvalue weighted by Crippen LogP contribution is -2.30. The lowest BCUT2D eigenvalue weighted by molar-refractivity contribution is -0.386. The molecule has 1 fully saturated rings. The molecule has 1 aliphatic rings. The summed E-state index contributed by atoms with van der Waals surface area (Å²) < 4.78 is 15.6. The van der Waals surface area contributed by atoms with E-state index in [1.165, 1.54) is 37.5 Å². The monoisotopic (exact) mass is 443 g/mol. The van der Waals surface area contributed by atoms with Gasteiger partial charge < -0.3 is 19.2 Å². The Balaban J connectivity index is 1.90. The maximum Gasteiger partial charge on any atom is 0.373 e. The molecule has 32 heavy (non-hydrogen) atoms. The zero-order valence-electron chi connectivity index (χ0n) is 17.8. The number of hydrogen-bond donors (Lipinski definition) is 1. The zero-order chi connectivity index (χ0) is 23.6. The molecule has 2 heterocycles. The lowest BCUT2D eigenvalue weighted by atomic mass is 10.1. The normalized spacial score (nSPS) is 15.1. The summed E-state index contributed by atoms with van der Waals surface area (Å²) in [7, 11) is 1.20. The van der Waals surface area contributed by atoms with Crippen molar-refractivity contribution in [3.05, 3.63) is 63.2 Å². The molecule has 11 nitrogen and oxygen atoms in total. The van der Waals surface area contributed by atoms with Crippen LogP contribution in [0.3, 0.4) is 0 Å². The molecule has 168 valence electrons. The van der Waals surface area contributed by atoms with Crippen LogP contribution >= 0.6 is 0 Å². The minimum Gasteiger partial charge on any atom is -0.481 e. The van der Waals surface area contributed by atoms with Crippen LogP contribution in [0.15, 0.2) is 40.4 Å². The number of furan rings is 1. The van der Waals surface area contributed by atoms with Gasteiger partial charge in [0.25, 0.3) is 5.91 Å². The predicted molar refractivity (Wildman–Crippen MR) is 111 cm³/mol. The van der Waals surface area contributed by atoms with E-state index in [0.29, 0.717) is 0 Å². The molecule has 1 N–H and O–H groups in total. The molecule has 0 atom stereocenters. The summed E-state index contributed by atoms with van der Waals surface area (Å²) in [5, 5.41) is 13.9. The van der Waals surface area contributed by atoms with Gasteiger partial charge >= 0.3 is 17.7 Å². The second-order valence-corrected chi connectivity index (χ2v) is 7.80. The topological polar surface area (TPSA) is 141 Å². The number of amides is 3. The van der Waals surface area contributed by atoms with E-state index in [2.05, 4.69) is 10.1 Å². The summed E-state index contributed by atoms with van der Waals surface area (Å²) >= 11 is 0. The van der Waals surface area contributed by atoms with Crippen molar-refractivity contribution in [2.24, 2.45) is 0 Å². The molecule has 1 aromatic carbocycles. The number of para-hydroxylation sites is 1. The Kier molecular flexibility index (Phi) is 6.01. The van der Waals surface area contributed by atoms with Gasteiger partial charge in [-0.1, -0.05) is 12.1 Å². The van der Waals surface area contributed by atoms with E-state index in [1.54, 1.807) is 26.8 Å². The van der Waals surface area contributed by atoms with Gasteiger partial charge in [0.15, 0.2) is 0 Å². The molecule has 0 radical (unpaired) electrons. The van der Waals surface area contributed by atoms with Gasteiger partial charge in [0.05, 0.1) is 18.6 Å². The number of methoxy groups -OCH3 is 1. The summed E-state index contributed by atoms with van der Waals surface area (Å²) in [5.41, 5.74) is -0.848. The molecule has 2 aromatic rings. The molecule has 0 aliphatic carbocycles. The number of esters is 1. The molecule has 0 unspecified atom stereocenters. The number of carbonyl (C=O) groups excluding carboxylic acids is 3. The Bertz CT molecular complexity index is 1130. The summed E-state index contributed by atoms with van der Waals surface area (Å²) in [6.07, 6.45) is 1.32. The zero-order valence-corrected chi connectivity index (χ0v) is 17.8. The van der Waals surface area contributed by atoms with Crippen molar-refractivity contribution in [3.63, 3.8) is 0 Å². The summed E-state index contributed by atoms with van der Waals surface area (Å²) in [4.78, 5) is 48.4. The van der Waals surface area contributed by atoms with Gasteiger partial charge in [-0.3, -0.25) is 19.8 Å². The van der Waals surface area contributed by atoms with Crippen molar-refractivity contribution < 1.29 is 33.2 Å². The first-order valence-electron chi connectivity index (χ1n) is 9.48. The number of rotatable bonds is 6. The lowest BCUT2D eigenvalue weighted by Gasteiger charge is -2.22. The fraction of sp³-hybridized carbons (Fsp3) is 0.286. The first kappa shape index (κ1) is 22.5. The van der Waals surface area contributed by atoms with Gasteiger partial charge in [-0.25, -0.2) is 9.59 Å². The first-order valence-corrected chi connectivity index (χ1v) is 9.48. The van der Waals surface area contributed by atoms with E-state index in [-0.39, 0.29) is 40.8 Å². The van der Waals surface area contributed by atoms with Crippen LogP contribution < -0.4 is 10.1 Å². The largest absolute Gasteiger partial charge is 0.481 e. The molecule has 0 spiro atoms. The standard InChI is InChI=1S/C21H21N3O8/c1-21(2,3)32-17-12(6-5-7-15(17)24(28)29)10-14-18(25)23(20(27)22-14)11-13-8-9-16(31-13)19(26)30-4/h5-10H,11H2,1-4H3,(H,22,27)/b14-10-. The number of nitrogens with zero attached hydrogens (tertiary/aromatic N) is 2. The highest BCUT2D eigenvalue weighted by atomic mass is 16.6. The van der Waals surface area contributed by atoms with E-state index in [4.69, 9.17) is 9.15 Å². The fourth-order valence-electron chi connectivity index (χ4n) is 2.92. The highest BCUT2D eigenvalue weighted by Crippen LogP contribution is 2.35. The van der Waals surface area contributed by atoms with E-state index >= 15 is 0 Å². The van der Waals surface area contributed by atoms with Crippen LogP contribution in [0.25, 0.3) is 6.08 Å². The number of nitro groups is 1. The number of hydrogen-bond acceptors (Lipinski definition) is 8. The minimum atomic E-state index is -0.745. The third-order valence-electron chi connectivity index (χ3n) is 4.25. The smallest absolute Gasteiger partial charge is 0.373 e. The van der Waals surface area contributed by atoms with Crippen LogP contribution in [0.4, 0.5) is 10.5 Å². The maximum atomic E-state index is 12.8. The van der Waals surface area contributed by atoms with Crippen molar-refractivity contribution >= 4 is 29.7 Å². The molecule has 1 saturated heterocycles. The van der Waals surface area contributed by atoms with Gasteiger partial charge in [0.2, 0.25) is 11.5 Å². The quantitative estimate of drug-likeness (QED) is 0.236. The van der Waals surface area contributed by atoms with Crippen LogP contribution in [0.5, 0.6) is 5.75 Å². The van der Waals surface area contributed by atoms with Gasteiger partial charge in [-0.05, 0) is 39.0 Å². The van der Waals surface area contributed by atoms with Crippen LogP contribution in [-0.4, -0.2) is 40.4 Å². The average molecular weight is 443 g/mol. The SMILES string of the molecule is COC(=O)c1ccc(CN2C(=O)N/C(=C\c3cccc([N+](=O)[O-])c3OC(C)(C)C)C2=O)o1. The Morgan fingerprint density at radius 3 is 2.59 bits per heavy atom. The third-order valence-corrected chi connectivity index (χ3v) is 4.25. The molecule has 0 saturated carbocycles. The summed E-state index contributed by atoms with van der Waals surface area (Å²) in [6, 6.07) is 6.40. The minimum absolute atomic E-state index is 0.0215. The van der Waals surface area contributed by atoms with E-state index in [9.17, 15) is 24.5 Å². The number of nitrogens with one attached hydrogen (secondary N) is 1. The number of ether oxygens (including phenoxy) is 2. The first-order chi connectivity index (χ1) is 15.0. The average Bonchev–Trinajstić information content (AvgIpc) is 3.28. The van der Waals surface area contributed by atoms with Crippen LogP contribution in [0, 0.1) is 10.1 Å². The van der Waals surface area contributed by atoms with Crippen molar-refractivity contribution in [3.8, 4) is 5.75 Å². The number of carbonyl (C=O) groups is 3. The van der Waals surface area contributed by atoms with Gasteiger partial charge in [-0.2, -0.15) is 0 Å². The third kappa shape index (κ3) is 4.77. The number of urea groups is 1. The Hall–Kier alpha value is -4.15. The van der Waals surface area contributed by atoms with E-state index in [1.807, 2.05) is 0 Å². The Morgan fingerprint density at radius 2 is 1.97 bits per heavy atom. The van der Waals surface area contributed by atoms with Crippen molar-refractivity contribution in [1.29, 1.82) is 0 Å². The molecular weight excluding hydrogens is 422 g/mol. The molecule has 1 aliphatic heterocycles. The molecule has 3 amide bonds. The summed E-state index contributed by atoms with van der Waals surface area (Å²) in [5.74, 6) is -1.25. The molecule has 11 heteroatoms. The van der Waals surface area contributed by atoms with Crippen LogP contribution in [-0.2, 0) is 16.1 Å².